The molecule has 5 nitrogen and oxygen atoms in total. The minimum Gasteiger partial charge on any atom is -0.330 e. The van der Waals surface area contributed by atoms with Gasteiger partial charge in [0.1, 0.15) is 6.33 Å². The van der Waals surface area contributed by atoms with Crippen molar-refractivity contribution in [2.24, 2.45) is 0 Å². The van der Waals surface area contributed by atoms with Gasteiger partial charge in [-0.1, -0.05) is 0 Å². The first-order valence-electron chi connectivity index (χ1n) is 5.68. The second-order valence-electron chi connectivity index (χ2n) is 4.16. The topological polar surface area (TPSA) is 58.5 Å². The van der Waals surface area contributed by atoms with Crippen molar-refractivity contribution in [1.29, 1.82) is 0 Å². The van der Waals surface area contributed by atoms with Gasteiger partial charge in [0, 0.05) is 31.1 Å². The molecule has 0 bridgehead atoms. The summed E-state index contributed by atoms with van der Waals surface area (Å²) >= 11 is 0. The molecule has 84 valence electrons. The molecule has 16 heavy (non-hydrogen) atoms. The van der Waals surface area contributed by atoms with Crippen molar-refractivity contribution >= 4 is 0 Å². The molecule has 1 aliphatic rings. The largest absolute Gasteiger partial charge is 0.330 e. The number of hydrogen-bond acceptors (Lipinski definition) is 3. The molecule has 5 heteroatoms. The normalized spacial score (nSPS) is 21.1. The van der Waals surface area contributed by atoms with Crippen LogP contribution in [0.5, 0.6) is 0 Å². The summed E-state index contributed by atoms with van der Waals surface area (Å²) < 4.78 is 1.93. The highest BCUT2D eigenvalue weighted by atomic mass is 15.2. The van der Waals surface area contributed by atoms with Gasteiger partial charge in [-0.25, -0.2) is 9.97 Å². The summed E-state index contributed by atoms with van der Waals surface area (Å²) in [6.07, 6.45) is 9.91. The molecule has 2 N–H and O–H groups in total. The van der Waals surface area contributed by atoms with E-state index in [2.05, 4.69) is 26.5 Å². The zero-order chi connectivity index (χ0) is 10.8. The number of H-pyrrole nitrogens is 1. The lowest BCUT2D eigenvalue weighted by molar-refractivity contribution is 0.455. The standard InChI is InChI=1S/C11H15N5/c1-2-9(6-12-3-1)10-7-16(8-15-10)11-13-4-5-14-11/h4-5,7-9,12H,1-3,6H2,(H,13,14)/t9-/m0/s1. The summed E-state index contributed by atoms with van der Waals surface area (Å²) in [4.78, 5) is 11.7. The minimum absolute atomic E-state index is 0.546. The second-order valence-corrected chi connectivity index (χ2v) is 4.16. The third kappa shape index (κ3) is 1.74. The Morgan fingerprint density at radius 3 is 3.12 bits per heavy atom. The molecule has 0 aromatic carbocycles. The first-order chi connectivity index (χ1) is 7.93. The smallest absolute Gasteiger partial charge is 0.212 e. The van der Waals surface area contributed by atoms with Gasteiger partial charge in [0.2, 0.25) is 5.95 Å². The zero-order valence-corrected chi connectivity index (χ0v) is 9.06. The van der Waals surface area contributed by atoms with Gasteiger partial charge in [-0.3, -0.25) is 4.57 Å². The van der Waals surface area contributed by atoms with Crippen LogP contribution in [0.2, 0.25) is 0 Å². The lowest BCUT2D eigenvalue weighted by atomic mass is 9.97. The van der Waals surface area contributed by atoms with Crippen LogP contribution in [0.1, 0.15) is 24.5 Å². The van der Waals surface area contributed by atoms with Crippen molar-refractivity contribution in [2.75, 3.05) is 13.1 Å². The molecule has 2 aromatic rings. The van der Waals surface area contributed by atoms with Crippen molar-refractivity contribution < 1.29 is 0 Å². The van der Waals surface area contributed by atoms with Crippen molar-refractivity contribution in [3.8, 4) is 5.95 Å². The Hall–Kier alpha value is -1.62. The second kappa shape index (κ2) is 4.09. The number of aromatic nitrogens is 4. The predicted octanol–water partition coefficient (Wildman–Crippen LogP) is 1.06. The summed E-state index contributed by atoms with van der Waals surface area (Å²) in [5.41, 5.74) is 1.16. The van der Waals surface area contributed by atoms with E-state index in [1.165, 1.54) is 12.8 Å². The van der Waals surface area contributed by atoms with Gasteiger partial charge < -0.3 is 10.3 Å². The molecule has 1 fully saturated rings. The molecular weight excluding hydrogens is 202 g/mol. The first kappa shape index (κ1) is 9.59. The Labute approximate surface area is 93.9 Å². The van der Waals surface area contributed by atoms with E-state index in [1.54, 1.807) is 6.20 Å². The molecule has 0 unspecified atom stereocenters. The van der Waals surface area contributed by atoms with Gasteiger partial charge in [-0.05, 0) is 19.4 Å². The number of hydrogen-bond donors (Lipinski definition) is 2. The molecule has 2 aromatic heterocycles. The van der Waals surface area contributed by atoms with E-state index in [0.717, 1.165) is 24.7 Å². The number of imidazole rings is 2. The quantitative estimate of drug-likeness (QED) is 0.791. The molecule has 1 atom stereocenters. The molecule has 0 spiro atoms. The van der Waals surface area contributed by atoms with Gasteiger partial charge in [0.05, 0.1) is 5.69 Å². The summed E-state index contributed by atoms with van der Waals surface area (Å²) in [6.45, 7) is 2.17. The molecule has 0 amide bonds. The Balaban J connectivity index is 1.82. The fourth-order valence-corrected chi connectivity index (χ4v) is 2.17. The molecule has 1 aliphatic heterocycles. The van der Waals surface area contributed by atoms with Gasteiger partial charge in [0.25, 0.3) is 0 Å². The van der Waals surface area contributed by atoms with E-state index in [-0.39, 0.29) is 0 Å². The molecular formula is C11H15N5. The van der Waals surface area contributed by atoms with Crippen LogP contribution in [-0.4, -0.2) is 32.6 Å². The lowest BCUT2D eigenvalue weighted by Gasteiger charge is -2.20. The van der Waals surface area contributed by atoms with Gasteiger partial charge in [-0.15, -0.1) is 0 Å². The number of aromatic amines is 1. The van der Waals surface area contributed by atoms with Crippen LogP contribution in [0.25, 0.3) is 5.95 Å². The van der Waals surface area contributed by atoms with Crippen LogP contribution in [-0.2, 0) is 0 Å². The van der Waals surface area contributed by atoms with Gasteiger partial charge >= 0.3 is 0 Å². The van der Waals surface area contributed by atoms with E-state index in [9.17, 15) is 0 Å². The summed E-state index contributed by atoms with van der Waals surface area (Å²) in [7, 11) is 0. The van der Waals surface area contributed by atoms with Crippen molar-refractivity contribution in [2.45, 2.75) is 18.8 Å². The molecule has 0 aliphatic carbocycles. The van der Waals surface area contributed by atoms with Crippen LogP contribution in [0.15, 0.2) is 24.9 Å². The average Bonchev–Trinajstić information content (AvgIpc) is 3.01. The maximum atomic E-state index is 4.46. The van der Waals surface area contributed by atoms with Crippen LogP contribution in [0, 0.1) is 0 Å². The fraction of sp³-hybridized carbons (Fsp3) is 0.455. The molecule has 0 saturated carbocycles. The van der Waals surface area contributed by atoms with Crippen molar-refractivity contribution in [1.82, 2.24) is 24.8 Å². The third-order valence-electron chi connectivity index (χ3n) is 3.05. The van der Waals surface area contributed by atoms with Crippen LogP contribution in [0.3, 0.4) is 0 Å². The van der Waals surface area contributed by atoms with Crippen molar-refractivity contribution in [3.05, 3.63) is 30.6 Å². The maximum absolute atomic E-state index is 4.46. The average molecular weight is 217 g/mol. The number of nitrogens with one attached hydrogen (secondary N) is 2. The lowest BCUT2D eigenvalue weighted by Crippen LogP contribution is -2.28. The highest BCUT2D eigenvalue weighted by molar-refractivity contribution is 5.16. The molecule has 3 heterocycles. The number of piperidine rings is 1. The fourth-order valence-electron chi connectivity index (χ4n) is 2.17. The van der Waals surface area contributed by atoms with Crippen LogP contribution >= 0.6 is 0 Å². The van der Waals surface area contributed by atoms with Crippen LogP contribution in [0.4, 0.5) is 0 Å². The summed E-state index contributed by atoms with van der Waals surface area (Å²) in [5.74, 6) is 1.37. The molecule has 1 saturated heterocycles. The SMILES string of the molecule is c1c[nH]c(-n2cnc([C@H]3CCCNC3)c2)n1. The van der Waals surface area contributed by atoms with E-state index < -0.39 is 0 Å². The highest BCUT2D eigenvalue weighted by Crippen LogP contribution is 2.21. The first-order valence-corrected chi connectivity index (χ1v) is 5.68. The number of nitrogens with zero attached hydrogens (tertiary/aromatic N) is 3. The monoisotopic (exact) mass is 217 g/mol. The van der Waals surface area contributed by atoms with Gasteiger partial charge in [-0.2, -0.15) is 0 Å². The molecule has 0 radical (unpaired) electrons. The minimum atomic E-state index is 0.546. The zero-order valence-electron chi connectivity index (χ0n) is 9.06. The highest BCUT2D eigenvalue weighted by Gasteiger charge is 2.17. The van der Waals surface area contributed by atoms with Crippen molar-refractivity contribution in [3.63, 3.8) is 0 Å². The Morgan fingerprint density at radius 1 is 1.38 bits per heavy atom. The molecule has 3 rings (SSSR count). The van der Waals surface area contributed by atoms with E-state index in [1.807, 2.05) is 17.1 Å². The summed E-state index contributed by atoms with van der Waals surface area (Å²) in [6, 6.07) is 0. The van der Waals surface area contributed by atoms with Crippen LogP contribution < -0.4 is 5.32 Å². The third-order valence-corrected chi connectivity index (χ3v) is 3.05. The van der Waals surface area contributed by atoms with Gasteiger partial charge in [0.15, 0.2) is 0 Å². The maximum Gasteiger partial charge on any atom is 0.212 e. The Bertz CT molecular complexity index is 439. The Morgan fingerprint density at radius 2 is 2.38 bits per heavy atom. The number of rotatable bonds is 2. The van der Waals surface area contributed by atoms with E-state index in [0.29, 0.717) is 5.92 Å². The summed E-state index contributed by atoms with van der Waals surface area (Å²) in [5, 5.41) is 3.40. The Kier molecular flexibility index (Phi) is 2.46. The van der Waals surface area contributed by atoms with E-state index in [4.69, 9.17) is 0 Å². The predicted molar refractivity (Wildman–Crippen MR) is 60.6 cm³/mol. The van der Waals surface area contributed by atoms with E-state index >= 15 is 0 Å².